The second-order valence-corrected chi connectivity index (χ2v) is 12.0. The third-order valence-corrected chi connectivity index (χ3v) is 9.29. The largest absolute Gasteiger partial charge is 0.321 e. The molecule has 0 aliphatic heterocycles. The Hall–Kier alpha value is -3.22. The Balaban J connectivity index is 1.71. The van der Waals surface area contributed by atoms with Gasteiger partial charge in [-0.25, -0.2) is 0 Å². The van der Waals surface area contributed by atoms with Crippen molar-refractivity contribution in [2.24, 2.45) is 0 Å². The minimum atomic E-state index is -0.362. The molecule has 0 heterocycles. The van der Waals surface area contributed by atoms with E-state index in [9.17, 15) is 9.59 Å². The predicted octanol–water partition coefficient (Wildman–Crippen LogP) is 9.28. The number of nitrogens with one attached hydrogen (secondary N) is 2. The minimum absolute atomic E-state index is 0.144. The smallest absolute Gasteiger partial charge is 0.255 e. The van der Waals surface area contributed by atoms with Crippen LogP contribution >= 0.6 is 31.9 Å². The zero-order chi connectivity index (χ0) is 28.5. The summed E-state index contributed by atoms with van der Waals surface area (Å²) in [5.41, 5.74) is 8.77. The van der Waals surface area contributed by atoms with Crippen LogP contribution in [0.2, 0.25) is 0 Å². The van der Waals surface area contributed by atoms with Crippen molar-refractivity contribution in [3.8, 4) is 0 Å². The fourth-order valence-corrected chi connectivity index (χ4v) is 6.30. The molecule has 0 saturated carbocycles. The molecule has 0 fully saturated rings. The number of carbonyl (C=O) groups excluding carboxylic acids is 2. The lowest BCUT2D eigenvalue weighted by molar-refractivity contribution is 0.101. The molecule has 0 unspecified atom stereocenters. The van der Waals surface area contributed by atoms with Crippen LogP contribution < -0.4 is 10.6 Å². The first-order valence-electron chi connectivity index (χ1n) is 12.8. The van der Waals surface area contributed by atoms with E-state index in [0.29, 0.717) is 11.1 Å². The number of hydrogen-bond acceptors (Lipinski definition) is 2. The van der Waals surface area contributed by atoms with Crippen molar-refractivity contribution >= 4 is 55.0 Å². The number of hydrogen-bond donors (Lipinski definition) is 2. The van der Waals surface area contributed by atoms with Gasteiger partial charge in [0.2, 0.25) is 0 Å². The second kappa shape index (κ2) is 11.5. The van der Waals surface area contributed by atoms with Crippen molar-refractivity contribution in [3.63, 3.8) is 0 Å². The molecule has 0 atom stereocenters. The molecule has 4 nitrogen and oxygen atoms in total. The molecule has 0 aliphatic carbocycles. The maximum atomic E-state index is 12.9. The molecule has 0 radical (unpaired) electrons. The summed E-state index contributed by atoms with van der Waals surface area (Å²) in [7, 11) is 0. The Kier molecular flexibility index (Phi) is 8.48. The predicted molar refractivity (Wildman–Crippen MR) is 168 cm³/mol. The van der Waals surface area contributed by atoms with Gasteiger partial charge in [-0.1, -0.05) is 62.4 Å². The molecule has 39 heavy (non-hydrogen) atoms. The van der Waals surface area contributed by atoms with Gasteiger partial charge < -0.3 is 10.6 Å². The van der Waals surface area contributed by atoms with Crippen LogP contribution in [0, 0.1) is 27.7 Å². The van der Waals surface area contributed by atoms with E-state index in [-0.39, 0.29) is 17.2 Å². The average Bonchev–Trinajstić information content (AvgIpc) is 2.93. The molecule has 6 heteroatoms. The number of carbonyl (C=O) groups is 2. The van der Waals surface area contributed by atoms with E-state index in [1.54, 1.807) is 24.3 Å². The van der Waals surface area contributed by atoms with Crippen LogP contribution in [0.1, 0.15) is 67.9 Å². The van der Waals surface area contributed by atoms with Gasteiger partial charge in [0, 0.05) is 25.5 Å². The Morgan fingerprint density at radius 1 is 0.615 bits per heavy atom. The molecule has 0 spiro atoms. The van der Waals surface area contributed by atoms with Crippen molar-refractivity contribution < 1.29 is 9.59 Å². The van der Waals surface area contributed by atoms with E-state index in [1.165, 1.54) is 0 Å². The van der Waals surface area contributed by atoms with E-state index in [2.05, 4.69) is 82.3 Å². The molecule has 0 aliphatic rings. The third kappa shape index (κ3) is 5.73. The molecular weight excluding hydrogens is 616 g/mol. The van der Waals surface area contributed by atoms with Crippen LogP contribution in [0.3, 0.4) is 0 Å². The summed E-state index contributed by atoms with van der Waals surface area (Å²) in [4.78, 5) is 25.8. The molecule has 4 aromatic carbocycles. The number of amides is 2. The summed E-state index contributed by atoms with van der Waals surface area (Å²) < 4.78 is 1.74. The Morgan fingerprint density at radius 2 is 0.949 bits per heavy atom. The van der Waals surface area contributed by atoms with Crippen LogP contribution in [0.15, 0.2) is 81.7 Å². The molecule has 0 aromatic heterocycles. The van der Waals surface area contributed by atoms with Gasteiger partial charge in [-0.15, -0.1) is 0 Å². The fraction of sp³-hybridized carbons (Fsp3) is 0.212. The maximum Gasteiger partial charge on any atom is 0.255 e. The van der Waals surface area contributed by atoms with Crippen molar-refractivity contribution in [2.45, 2.75) is 47.0 Å². The Morgan fingerprint density at radius 3 is 1.28 bits per heavy atom. The number of aryl methyl sites for hydroxylation is 2. The lowest BCUT2D eigenvalue weighted by atomic mass is 9.73. The zero-order valence-corrected chi connectivity index (χ0v) is 26.2. The molecule has 2 N–H and O–H groups in total. The topological polar surface area (TPSA) is 58.2 Å². The molecular formula is C33H32Br2N2O2. The fourth-order valence-electron chi connectivity index (χ4n) is 5.05. The maximum absolute atomic E-state index is 12.9. The molecule has 0 saturated heterocycles. The number of halogens is 2. The molecule has 4 rings (SSSR count). The normalized spacial score (nSPS) is 11.3. The summed E-state index contributed by atoms with van der Waals surface area (Å²) in [5, 5.41) is 6.18. The summed E-state index contributed by atoms with van der Waals surface area (Å²) in [5.74, 6) is -0.288. The van der Waals surface area contributed by atoms with Gasteiger partial charge in [0.25, 0.3) is 11.8 Å². The first-order chi connectivity index (χ1) is 18.4. The van der Waals surface area contributed by atoms with E-state index >= 15 is 0 Å². The number of anilines is 2. The van der Waals surface area contributed by atoms with Crippen LogP contribution in [-0.4, -0.2) is 11.8 Å². The third-order valence-electron chi connectivity index (χ3n) is 7.31. The quantitative estimate of drug-likeness (QED) is 0.219. The van der Waals surface area contributed by atoms with Crippen LogP contribution in [-0.2, 0) is 5.41 Å². The molecule has 2 amide bonds. The van der Waals surface area contributed by atoms with E-state index in [1.807, 2.05) is 50.2 Å². The molecule has 200 valence electrons. The van der Waals surface area contributed by atoms with Crippen molar-refractivity contribution in [1.29, 1.82) is 0 Å². The Bertz CT molecular complexity index is 1450. The van der Waals surface area contributed by atoms with Crippen molar-refractivity contribution in [1.82, 2.24) is 0 Å². The highest BCUT2D eigenvalue weighted by Gasteiger charge is 2.31. The van der Waals surface area contributed by atoms with Crippen molar-refractivity contribution in [3.05, 3.63) is 126 Å². The SMILES string of the molecule is Cc1cc(C(C)(C)c2cc(C)c(NC(=O)c3ccccc3)c(Br)c2C)c(C)c(Br)c1NC(=O)c1ccccc1. The molecule has 4 aromatic rings. The second-order valence-electron chi connectivity index (χ2n) is 10.4. The number of rotatable bonds is 6. The van der Waals surface area contributed by atoms with Gasteiger partial charge in [-0.05, 0) is 117 Å². The highest BCUT2D eigenvalue weighted by Crippen LogP contribution is 2.44. The summed E-state index contributed by atoms with van der Waals surface area (Å²) >= 11 is 7.57. The van der Waals surface area contributed by atoms with Gasteiger partial charge in [0.15, 0.2) is 0 Å². The van der Waals surface area contributed by atoms with Gasteiger partial charge in [0.1, 0.15) is 0 Å². The lowest BCUT2D eigenvalue weighted by Gasteiger charge is -2.32. The standard InChI is InChI=1S/C33H32Br2N2O2/c1-19-17-25(21(3)27(34)29(19)36-31(38)23-13-9-7-10-14-23)33(5,6)26-18-20(2)30(28(35)22(26)4)37-32(39)24-15-11-8-12-16-24/h7-18H,1-6H3,(H,36,38)(H,37,39). The van der Waals surface area contributed by atoms with Crippen LogP contribution in [0.25, 0.3) is 0 Å². The van der Waals surface area contributed by atoms with Crippen LogP contribution in [0.4, 0.5) is 11.4 Å². The van der Waals surface area contributed by atoms with E-state index < -0.39 is 0 Å². The lowest BCUT2D eigenvalue weighted by Crippen LogP contribution is -2.24. The summed E-state index contributed by atoms with van der Waals surface area (Å²) in [6.45, 7) is 12.6. The highest BCUT2D eigenvalue weighted by atomic mass is 79.9. The van der Waals surface area contributed by atoms with Crippen LogP contribution in [0.5, 0.6) is 0 Å². The van der Waals surface area contributed by atoms with Crippen molar-refractivity contribution in [2.75, 3.05) is 10.6 Å². The van der Waals surface area contributed by atoms with Gasteiger partial charge in [-0.2, -0.15) is 0 Å². The zero-order valence-electron chi connectivity index (χ0n) is 23.0. The van der Waals surface area contributed by atoms with Gasteiger partial charge in [0.05, 0.1) is 11.4 Å². The minimum Gasteiger partial charge on any atom is -0.321 e. The van der Waals surface area contributed by atoms with E-state index in [0.717, 1.165) is 53.7 Å². The first kappa shape index (κ1) is 28.8. The van der Waals surface area contributed by atoms with Gasteiger partial charge >= 0.3 is 0 Å². The molecule has 0 bridgehead atoms. The summed E-state index contributed by atoms with van der Waals surface area (Å²) in [6.07, 6.45) is 0. The van der Waals surface area contributed by atoms with E-state index in [4.69, 9.17) is 0 Å². The monoisotopic (exact) mass is 646 g/mol. The van der Waals surface area contributed by atoms with Gasteiger partial charge in [-0.3, -0.25) is 9.59 Å². The highest BCUT2D eigenvalue weighted by molar-refractivity contribution is 9.11. The first-order valence-corrected chi connectivity index (χ1v) is 14.3. The Labute approximate surface area is 247 Å². The number of benzene rings is 4. The average molecular weight is 648 g/mol. The summed E-state index contributed by atoms with van der Waals surface area (Å²) in [6, 6.07) is 22.7.